The molecule has 0 amide bonds. The maximum absolute atomic E-state index is 10.0. The van der Waals surface area contributed by atoms with Crippen LogP contribution in [-0.2, 0) is 18.3 Å². The Hall–Kier alpha value is -3.46. The third-order valence-corrected chi connectivity index (χ3v) is 6.54. The summed E-state index contributed by atoms with van der Waals surface area (Å²) in [5.41, 5.74) is 6.61. The number of phenols is 1. The molecule has 0 fully saturated rings. The second-order valence-electron chi connectivity index (χ2n) is 8.26. The van der Waals surface area contributed by atoms with Crippen LogP contribution in [0, 0.1) is 0 Å². The van der Waals surface area contributed by atoms with Gasteiger partial charge >= 0.3 is 0 Å². The monoisotopic (exact) mass is 409 g/mol. The lowest BCUT2D eigenvalue weighted by atomic mass is 9.67. The molecule has 1 aliphatic rings. The fraction of sp³-hybridized carbons (Fsp3) is 0.214. The Bertz CT molecular complexity index is 1150. The predicted molar refractivity (Wildman–Crippen MR) is 124 cm³/mol. The first-order chi connectivity index (χ1) is 15.2. The van der Waals surface area contributed by atoms with Gasteiger partial charge in [-0.05, 0) is 66.6 Å². The fourth-order valence-electron chi connectivity index (χ4n) is 5.09. The fourth-order valence-corrected chi connectivity index (χ4v) is 5.09. The molecule has 0 saturated heterocycles. The van der Waals surface area contributed by atoms with Gasteiger partial charge in [0.25, 0.3) is 0 Å². The third kappa shape index (κ3) is 3.21. The van der Waals surface area contributed by atoms with Gasteiger partial charge < -0.3 is 14.8 Å². The van der Waals surface area contributed by atoms with Gasteiger partial charge in [-0.1, -0.05) is 60.7 Å². The van der Waals surface area contributed by atoms with E-state index < -0.39 is 5.41 Å². The van der Waals surface area contributed by atoms with Gasteiger partial charge in [0.2, 0.25) is 0 Å². The Balaban J connectivity index is 1.90. The Labute approximate surface area is 183 Å². The highest BCUT2D eigenvalue weighted by Gasteiger charge is 2.42. The number of fused-ring (bicyclic) bond motifs is 1. The van der Waals surface area contributed by atoms with Crippen molar-refractivity contribution in [3.05, 3.63) is 119 Å². The number of para-hydroxylation sites is 1. The molecule has 1 atom stereocenters. The predicted octanol–water partition coefficient (Wildman–Crippen LogP) is 5.99. The molecule has 0 saturated carbocycles. The molecule has 0 radical (unpaired) electrons. The van der Waals surface area contributed by atoms with Crippen molar-refractivity contribution in [3.8, 4) is 11.5 Å². The summed E-state index contributed by atoms with van der Waals surface area (Å²) in [6.45, 7) is 0. The van der Waals surface area contributed by atoms with Crippen molar-refractivity contribution in [1.29, 1.82) is 0 Å². The zero-order valence-electron chi connectivity index (χ0n) is 17.8. The number of nitrogens with one attached hydrogen (secondary N) is 1. The highest BCUT2D eigenvalue weighted by Crippen LogP contribution is 2.48. The minimum Gasteiger partial charge on any atom is -0.508 e. The average Bonchev–Trinajstić information content (AvgIpc) is 3.26. The van der Waals surface area contributed by atoms with Crippen molar-refractivity contribution < 1.29 is 9.84 Å². The van der Waals surface area contributed by atoms with Crippen LogP contribution in [0.5, 0.6) is 11.5 Å². The molecule has 0 aliphatic heterocycles. The number of aromatic amines is 1. The summed E-state index contributed by atoms with van der Waals surface area (Å²) in [5.74, 6) is 1.10. The number of aromatic hydroxyl groups is 1. The summed E-state index contributed by atoms with van der Waals surface area (Å²) in [5, 5.41) is 10.0. The van der Waals surface area contributed by atoms with Crippen molar-refractivity contribution in [2.45, 2.75) is 31.1 Å². The van der Waals surface area contributed by atoms with Gasteiger partial charge in [0.15, 0.2) is 0 Å². The smallest absolute Gasteiger partial charge is 0.123 e. The van der Waals surface area contributed by atoms with Gasteiger partial charge in [0.1, 0.15) is 11.5 Å². The highest BCUT2D eigenvalue weighted by atomic mass is 16.5. The number of aromatic nitrogens is 1. The van der Waals surface area contributed by atoms with Crippen molar-refractivity contribution >= 4 is 0 Å². The lowest BCUT2D eigenvalue weighted by Gasteiger charge is -2.36. The number of ether oxygens (including phenoxy) is 1. The Morgan fingerprint density at radius 3 is 2.23 bits per heavy atom. The summed E-state index contributed by atoms with van der Waals surface area (Å²) < 4.78 is 5.88. The molecular formula is C28H27NO2. The number of benzene rings is 3. The van der Waals surface area contributed by atoms with E-state index in [0.29, 0.717) is 0 Å². The molecule has 1 aromatic heterocycles. The first-order valence-corrected chi connectivity index (χ1v) is 10.9. The molecule has 0 bridgehead atoms. The zero-order chi connectivity index (χ0) is 21.3. The van der Waals surface area contributed by atoms with Gasteiger partial charge in [-0.25, -0.2) is 0 Å². The largest absolute Gasteiger partial charge is 0.508 e. The van der Waals surface area contributed by atoms with E-state index in [-0.39, 0.29) is 5.75 Å². The normalized spacial score (nSPS) is 15.1. The number of hydrogen-bond acceptors (Lipinski definition) is 2. The summed E-state index contributed by atoms with van der Waals surface area (Å²) in [6.07, 6.45) is 4.65. The van der Waals surface area contributed by atoms with Crippen molar-refractivity contribution in [3.63, 3.8) is 0 Å². The number of aryl methyl sites for hydroxylation is 2. The molecule has 0 spiro atoms. The molecule has 0 unspecified atom stereocenters. The van der Waals surface area contributed by atoms with E-state index >= 15 is 0 Å². The van der Waals surface area contributed by atoms with Gasteiger partial charge in [0, 0.05) is 17.0 Å². The minimum absolute atomic E-state index is 0.261. The number of methoxy groups -OCH3 is 1. The Morgan fingerprint density at radius 2 is 1.48 bits per heavy atom. The van der Waals surface area contributed by atoms with Crippen LogP contribution >= 0.6 is 0 Å². The molecular weight excluding hydrogens is 382 g/mol. The second kappa shape index (κ2) is 7.99. The third-order valence-electron chi connectivity index (χ3n) is 6.54. The molecule has 156 valence electrons. The van der Waals surface area contributed by atoms with Crippen LogP contribution in [0.1, 0.15) is 46.5 Å². The summed E-state index contributed by atoms with van der Waals surface area (Å²) in [7, 11) is 1.73. The van der Waals surface area contributed by atoms with Crippen LogP contribution in [0.25, 0.3) is 0 Å². The van der Waals surface area contributed by atoms with Crippen molar-refractivity contribution in [2.24, 2.45) is 0 Å². The van der Waals surface area contributed by atoms with Gasteiger partial charge in [0.05, 0.1) is 12.5 Å². The Kier molecular flexibility index (Phi) is 5.03. The summed E-state index contributed by atoms with van der Waals surface area (Å²) in [4.78, 5) is 3.82. The SMILES string of the molecule is COc1ccccc1[C@@](c1ccccc1)(c1ccc(O)cc1)c1cc2c([nH]1)CCCC2. The lowest BCUT2D eigenvalue weighted by molar-refractivity contribution is 0.404. The number of phenolic OH excluding ortho intramolecular Hbond substituents is 1. The van der Waals surface area contributed by atoms with Crippen LogP contribution in [0.2, 0.25) is 0 Å². The molecule has 3 aromatic carbocycles. The van der Waals surface area contributed by atoms with E-state index in [1.165, 1.54) is 24.1 Å². The second-order valence-corrected chi connectivity index (χ2v) is 8.26. The summed E-state index contributed by atoms with van der Waals surface area (Å²) in [6, 6.07) is 28.8. The lowest BCUT2D eigenvalue weighted by Crippen LogP contribution is -2.32. The van der Waals surface area contributed by atoms with Crippen LogP contribution in [-0.4, -0.2) is 17.2 Å². The van der Waals surface area contributed by atoms with Crippen LogP contribution in [0.4, 0.5) is 0 Å². The van der Waals surface area contributed by atoms with E-state index in [9.17, 15) is 5.11 Å². The molecule has 3 nitrogen and oxygen atoms in total. The van der Waals surface area contributed by atoms with Crippen LogP contribution < -0.4 is 4.74 Å². The number of hydrogen-bond donors (Lipinski definition) is 2. The zero-order valence-corrected chi connectivity index (χ0v) is 17.8. The number of rotatable bonds is 5. The van der Waals surface area contributed by atoms with E-state index in [1.807, 2.05) is 30.3 Å². The molecule has 1 aliphatic carbocycles. The van der Waals surface area contributed by atoms with Crippen LogP contribution in [0.3, 0.4) is 0 Å². The van der Waals surface area contributed by atoms with E-state index in [0.717, 1.165) is 41.0 Å². The first kappa shape index (κ1) is 19.5. The minimum atomic E-state index is -0.598. The maximum Gasteiger partial charge on any atom is 0.123 e. The van der Waals surface area contributed by atoms with E-state index in [2.05, 4.69) is 47.4 Å². The average molecular weight is 410 g/mol. The Morgan fingerprint density at radius 1 is 0.806 bits per heavy atom. The standard InChI is InChI=1S/C28H27NO2/c1-31-26-14-8-6-12-24(26)28(21-10-3-2-4-11-21,22-15-17-23(30)18-16-22)27-19-20-9-5-7-13-25(20)29-27/h2-4,6,8,10-12,14-19,29-30H,5,7,9,13H2,1H3/t28-/m1/s1. The van der Waals surface area contributed by atoms with Gasteiger partial charge in [-0.3, -0.25) is 0 Å². The molecule has 5 rings (SSSR count). The molecule has 1 heterocycles. The summed E-state index contributed by atoms with van der Waals surface area (Å²) >= 11 is 0. The molecule has 31 heavy (non-hydrogen) atoms. The topological polar surface area (TPSA) is 45.2 Å². The van der Waals surface area contributed by atoms with Gasteiger partial charge in [-0.15, -0.1) is 0 Å². The van der Waals surface area contributed by atoms with Crippen LogP contribution in [0.15, 0.2) is 84.9 Å². The van der Waals surface area contributed by atoms with Crippen molar-refractivity contribution in [1.82, 2.24) is 4.98 Å². The quantitative estimate of drug-likeness (QED) is 0.398. The molecule has 2 N–H and O–H groups in total. The van der Waals surface area contributed by atoms with Crippen molar-refractivity contribution in [2.75, 3.05) is 7.11 Å². The highest BCUT2D eigenvalue weighted by molar-refractivity contribution is 5.63. The first-order valence-electron chi connectivity index (χ1n) is 10.9. The molecule has 4 aromatic rings. The molecule has 3 heteroatoms. The van der Waals surface area contributed by atoms with Gasteiger partial charge in [-0.2, -0.15) is 0 Å². The number of H-pyrrole nitrogens is 1. The maximum atomic E-state index is 10.0. The van der Waals surface area contributed by atoms with E-state index in [1.54, 1.807) is 19.2 Å². The van der Waals surface area contributed by atoms with E-state index in [4.69, 9.17) is 4.74 Å².